The highest BCUT2D eigenvalue weighted by Gasteiger charge is 2.26. The van der Waals surface area contributed by atoms with Crippen LogP contribution >= 0.6 is 11.3 Å². The zero-order valence-electron chi connectivity index (χ0n) is 24.2. The van der Waals surface area contributed by atoms with Gasteiger partial charge in [-0.2, -0.15) is 0 Å². The minimum Gasteiger partial charge on any atom is -0.494 e. The van der Waals surface area contributed by atoms with Crippen LogP contribution in [0.5, 0.6) is 5.75 Å². The van der Waals surface area contributed by atoms with Gasteiger partial charge in [-0.15, -0.1) is 0 Å². The van der Waals surface area contributed by atoms with Crippen molar-refractivity contribution in [3.63, 3.8) is 0 Å². The number of nitrogens with zero attached hydrogens (tertiary/aromatic N) is 4. The lowest BCUT2D eigenvalue weighted by Gasteiger charge is -2.27. The van der Waals surface area contributed by atoms with Gasteiger partial charge in [-0.25, -0.2) is 13.4 Å². The van der Waals surface area contributed by atoms with Gasteiger partial charge in [0, 0.05) is 38.3 Å². The zero-order valence-corrected chi connectivity index (χ0v) is 25.8. The monoisotopic (exact) mass is 608 g/mol. The number of amides is 1. The van der Waals surface area contributed by atoms with Crippen molar-refractivity contribution in [2.75, 3.05) is 62.3 Å². The van der Waals surface area contributed by atoms with Crippen LogP contribution < -0.4 is 13.9 Å². The molecule has 0 spiro atoms. The van der Waals surface area contributed by atoms with E-state index in [0.29, 0.717) is 41.9 Å². The summed E-state index contributed by atoms with van der Waals surface area (Å²) in [7, 11) is -2.19. The van der Waals surface area contributed by atoms with Crippen molar-refractivity contribution in [1.82, 2.24) is 9.88 Å². The zero-order chi connectivity index (χ0) is 29.7. The molecular weight excluding hydrogens is 572 g/mol. The summed E-state index contributed by atoms with van der Waals surface area (Å²) in [5.41, 5.74) is 2.77. The van der Waals surface area contributed by atoms with E-state index in [0.717, 1.165) is 41.8 Å². The maximum absolute atomic E-state index is 14.0. The number of rotatable bonds is 11. The van der Waals surface area contributed by atoms with E-state index >= 15 is 0 Å². The van der Waals surface area contributed by atoms with E-state index in [4.69, 9.17) is 14.5 Å². The normalized spacial score (nSPS) is 14.2. The first kappa shape index (κ1) is 30.0. The van der Waals surface area contributed by atoms with Crippen molar-refractivity contribution in [1.29, 1.82) is 0 Å². The second-order valence-electron chi connectivity index (χ2n) is 10.1. The van der Waals surface area contributed by atoms with Gasteiger partial charge < -0.3 is 9.47 Å². The molecule has 0 radical (unpaired) electrons. The Kier molecular flexibility index (Phi) is 9.42. The second kappa shape index (κ2) is 13.2. The third kappa shape index (κ3) is 6.29. The number of ether oxygens (including phenoxy) is 2. The van der Waals surface area contributed by atoms with Gasteiger partial charge in [0.05, 0.1) is 35.6 Å². The average Bonchev–Trinajstić information content (AvgIpc) is 3.47. The molecule has 1 aliphatic rings. The topological polar surface area (TPSA) is 92.3 Å². The molecule has 4 aromatic rings. The third-order valence-corrected chi connectivity index (χ3v) is 10.5. The molecule has 9 nitrogen and oxygen atoms in total. The SMILES string of the molecule is CCN(c1ccccc1)S(=O)(=O)c1ccc(C(=O)N(CCCN2CCOCC2)c2nc3c(OC)ccc(C)c3s2)cc1. The number of carbonyl (C=O) groups excluding carboxylic acids is 1. The number of benzene rings is 3. The van der Waals surface area contributed by atoms with E-state index in [1.165, 1.54) is 27.8 Å². The van der Waals surface area contributed by atoms with Crippen molar-refractivity contribution in [3.05, 3.63) is 77.9 Å². The number of aromatic nitrogens is 1. The van der Waals surface area contributed by atoms with E-state index in [1.807, 2.05) is 37.3 Å². The summed E-state index contributed by atoms with van der Waals surface area (Å²) in [6, 6.07) is 19.1. The van der Waals surface area contributed by atoms with E-state index in [-0.39, 0.29) is 17.3 Å². The molecule has 0 aliphatic carbocycles. The molecule has 222 valence electrons. The van der Waals surface area contributed by atoms with Crippen molar-refractivity contribution in [3.8, 4) is 5.75 Å². The number of anilines is 2. The summed E-state index contributed by atoms with van der Waals surface area (Å²) in [4.78, 5) is 23.0. The van der Waals surface area contributed by atoms with Gasteiger partial charge in [0.2, 0.25) is 0 Å². The van der Waals surface area contributed by atoms with Crippen LogP contribution in [0.25, 0.3) is 10.2 Å². The van der Waals surface area contributed by atoms with Gasteiger partial charge in [-0.3, -0.25) is 18.9 Å². The molecule has 0 N–H and O–H groups in total. The van der Waals surface area contributed by atoms with Gasteiger partial charge >= 0.3 is 0 Å². The van der Waals surface area contributed by atoms with Crippen LogP contribution in [0.15, 0.2) is 71.6 Å². The van der Waals surface area contributed by atoms with Crippen molar-refractivity contribution < 1.29 is 22.7 Å². The van der Waals surface area contributed by atoms with E-state index in [9.17, 15) is 13.2 Å². The molecule has 0 atom stereocenters. The fourth-order valence-corrected chi connectivity index (χ4v) is 7.63. The molecule has 1 fully saturated rings. The van der Waals surface area contributed by atoms with Crippen LogP contribution in [-0.2, 0) is 14.8 Å². The Morgan fingerprint density at radius 2 is 1.76 bits per heavy atom. The summed E-state index contributed by atoms with van der Waals surface area (Å²) in [6.07, 6.45) is 0.757. The number of sulfonamides is 1. The number of carbonyl (C=O) groups is 1. The first-order chi connectivity index (χ1) is 20.3. The predicted octanol–water partition coefficient (Wildman–Crippen LogP) is 5.20. The number of aryl methyl sites for hydroxylation is 1. The fraction of sp³-hybridized carbons (Fsp3) is 0.355. The molecule has 1 aliphatic heterocycles. The van der Waals surface area contributed by atoms with Crippen LogP contribution in [-0.4, -0.2) is 77.3 Å². The Morgan fingerprint density at radius 3 is 2.43 bits per heavy atom. The van der Waals surface area contributed by atoms with Gasteiger partial charge in [0.25, 0.3) is 15.9 Å². The van der Waals surface area contributed by atoms with E-state index in [1.54, 1.807) is 43.2 Å². The molecule has 5 rings (SSSR count). The molecule has 0 unspecified atom stereocenters. The fourth-order valence-electron chi connectivity index (χ4n) is 5.08. The van der Waals surface area contributed by atoms with Gasteiger partial charge in [-0.05, 0) is 68.3 Å². The largest absolute Gasteiger partial charge is 0.494 e. The van der Waals surface area contributed by atoms with Crippen LogP contribution in [0, 0.1) is 6.92 Å². The minimum atomic E-state index is -3.81. The van der Waals surface area contributed by atoms with Crippen LogP contribution in [0.1, 0.15) is 29.3 Å². The van der Waals surface area contributed by atoms with Crippen molar-refractivity contribution in [2.45, 2.75) is 25.2 Å². The second-order valence-corrected chi connectivity index (χ2v) is 12.9. The molecule has 0 bridgehead atoms. The Bertz CT molecular complexity index is 1620. The Labute approximate surface area is 251 Å². The first-order valence-electron chi connectivity index (χ1n) is 14.1. The van der Waals surface area contributed by atoms with E-state index in [2.05, 4.69) is 4.90 Å². The van der Waals surface area contributed by atoms with Crippen molar-refractivity contribution >= 4 is 48.3 Å². The summed E-state index contributed by atoms with van der Waals surface area (Å²) in [5, 5.41) is 0.586. The first-order valence-corrected chi connectivity index (χ1v) is 16.3. The smallest absolute Gasteiger partial charge is 0.264 e. The summed E-state index contributed by atoms with van der Waals surface area (Å²) >= 11 is 1.46. The maximum Gasteiger partial charge on any atom is 0.264 e. The highest BCUT2D eigenvalue weighted by atomic mass is 32.2. The minimum absolute atomic E-state index is 0.129. The molecule has 1 aromatic heterocycles. The van der Waals surface area contributed by atoms with Crippen LogP contribution in [0.4, 0.5) is 10.8 Å². The lowest BCUT2D eigenvalue weighted by molar-refractivity contribution is 0.0376. The van der Waals surface area contributed by atoms with Crippen LogP contribution in [0.3, 0.4) is 0 Å². The van der Waals surface area contributed by atoms with Crippen LogP contribution in [0.2, 0.25) is 0 Å². The van der Waals surface area contributed by atoms with Gasteiger partial charge in [-0.1, -0.05) is 35.6 Å². The molecule has 11 heteroatoms. The highest BCUT2D eigenvalue weighted by Crippen LogP contribution is 2.37. The molecule has 42 heavy (non-hydrogen) atoms. The molecule has 3 aromatic carbocycles. The number of hydrogen-bond donors (Lipinski definition) is 0. The Balaban J connectivity index is 1.43. The Hall–Kier alpha value is -3.51. The standard InChI is InChI=1S/C31H36N4O5S2/c1-4-35(25-9-6-5-7-10-25)42(37,38)26-14-12-24(13-15-26)30(36)34(18-8-17-33-19-21-40-22-20-33)31-32-28-27(39-3)16-11-23(2)29(28)41-31/h5-7,9-16H,4,8,17-22H2,1-3H3. The number of morpholine rings is 1. The summed E-state index contributed by atoms with van der Waals surface area (Å²) < 4.78 is 40.3. The van der Waals surface area contributed by atoms with Crippen molar-refractivity contribution in [2.24, 2.45) is 0 Å². The third-order valence-electron chi connectivity index (χ3n) is 7.37. The summed E-state index contributed by atoms with van der Waals surface area (Å²) in [6.45, 7) is 8.58. The number of para-hydroxylation sites is 1. The molecule has 1 saturated heterocycles. The molecule has 0 saturated carbocycles. The highest BCUT2D eigenvalue weighted by molar-refractivity contribution is 7.92. The number of methoxy groups -OCH3 is 1. The average molecular weight is 609 g/mol. The maximum atomic E-state index is 14.0. The number of thiazole rings is 1. The summed E-state index contributed by atoms with van der Waals surface area (Å²) in [5.74, 6) is 0.430. The van der Waals surface area contributed by atoms with E-state index < -0.39 is 10.0 Å². The lowest BCUT2D eigenvalue weighted by Crippen LogP contribution is -2.39. The lowest BCUT2D eigenvalue weighted by atomic mass is 10.2. The number of hydrogen-bond acceptors (Lipinski definition) is 8. The quantitative estimate of drug-likeness (QED) is 0.231. The molecular formula is C31H36N4O5S2. The predicted molar refractivity (Wildman–Crippen MR) is 168 cm³/mol. The molecule has 2 heterocycles. The Morgan fingerprint density at radius 1 is 1.05 bits per heavy atom. The van der Waals surface area contributed by atoms with Gasteiger partial charge in [0.1, 0.15) is 11.3 Å². The number of fused-ring (bicyclic) bond motifs is 1. The molecule has 1 amide bonds. The van der Waals surface area contributed by atoms with Gasteiger partial charge in [0.15, 0.2) is 5.13 Å².